The topological polar surface area (TPSA) is 83.4 Å². The van der Waals surface area contributed by atoms with Gasteiger partial charge in [0, 0.05) is 31.9 Å². The number of aromatic nitrogens is 3. The van der Waals surface area contributed by atoms with Crippen molar-refractivity contribution in [3.8, 4) is 5.69 Å². The predicted molar refractivity (Wildman–Crippen MR) is 123 cm³/mol. The average molecular weight is 433 g/mol. The Morgan fingerprint density at radius 3 is 2.34 bits per heavy atom. The number of carbonyl (C=O) groups is 2. The van der Waals surface area contributed by atoms with E-state index in [-0.39, 0.29) is 11.8 Å². The fourth-order valence-corrected chi connectivity index (χ4v) is 3.90. The lowest BCUT2D eigenvalue weighted by atomic mass is 10.1. The van der Waals surface area contributed by atoms with Gasteiger partial charge in [0.15, 0.2) is 5.69 Å². The minimum atomic E-state index is -0.119. The molecule has 1 N–H and O–H groups in total. The van der Waals surface area contributed by atoms with E-state index in [9.17, 15) is 9.59 Å². The number of piperazine rings is 1. The molecule has 0 radical (unpaired) electrons. The number of rotatable bonds is 5. The van der Waals surface area contributed by atoms with Crippen molar-refractivity contribution in [1.29, 1.82) is 0 Å². The van der Waals surface area contributed by atoms with E-state index in [1.807, 2.05) is 63.2 Å². The first kappa shape index (κ1) is 21.7. The van der Waals surface area contributed by atoms with Crippen molar-refractivity contribution in [3.05, 3.63) is 71.0 Å². The molecule has 1 aromatic heterocycles. The zero-order chi connectivity index (χ0) is 22.7. The first-order valence-corrected chi connectivity index (χ1v) is 10.8. The smallest absolute Gasteiger partial charge is 0.276 e. The minimum absolute atomic E-state index is 0.0526. The zero-order valence-electron chi connectivity index (χ0n) is 18.7. The highest BCUT2D eigenvalue weighted by atomic mass is 16.2. The van der Waals surface area contributed by atoms with Gasteiger partial charge >= 0.3 is 0 Å². The lowest BCUT2D eigenvalue weighted by Crippen LogP contribution is -2.50. The molecule has 0 atom stereocenters. The number of benzene rings is 2. The van der Waals surface area contributed by atoms with Crippen LogP contribution in [0.1, 0.15) is 27.3 Å². The van der Waals surface area contributed by atoms with Crippen molar-refractivity contribution in [3.63, 3.8) is 0 Å². The summed E-state index contributed by atoms with van der Waals surface area (Å²) in [7, 11) is 0. The number of hydrogen-bond acceptors (Lipinski definition) is 5. The second kappa shape index (κ2) is 9.32. The molecule has 2 heterocycles. The van der Waals surface area contributed by atoms with Gasteiger partial charge in [0.1, 0.15) is 0 Å². The molecule has 8 nitrogen and oxygen atoms in total. The van der Waals surface area contributed by atoms with Crippen LogP contribution >= 0.6 is 0 Å². The van der Waals surface area contributed by atoms with E-state index in [0.29, 0.717) is 44.1 Å². The molecule has 0 unspecified atom stereocenters. The number of nitrogens with zero attached hydrogens (tertiary/aromatic N) is 5. The monoisotopic (exact) mass is 432 g/mol. The second-order valence-electron chi connectivity index (χ2n) is 8.20. The van der Waals surface area contributed by atoms with Gasteiger partial charge in [-0.15, -0.1) is 5.10 Å². The first-order valence-electron chi connectivity index (χ1n) is 10.8. The molecule has 1 saturated heterocycles. The van der Waals surface area contributed by atoms with Crippen LogP contribution in [-0.2, 0) is 4.79 Å². The number of hydrogen-bond donors (Lipinski definition) is 1. The van der Waals surface area contributed by atoms with Crippen LogP contribution in [0.15, 0.2) is 48.5 Å². The van der Waals surface area contributed by atoms with Gasteiger partial charge in [-0.3, -0.25) is 14.5 Å². The van der Waals surface area contributed by atoms with Crippen LogP contribution < -0.4 is 5.32 Å². The van der Waals surface area contributed by atoms with Gasteiger partial charge < -0.3 is 10.2 Å². The Labute approximate surface area is 187 Å². The predicted octanol–water partition coefficient (Wildman–Crippen LogP) is 2.59. The largest absolute Gasteiger partial charge is 0.335 e. The van der Waals surface area contributed by atoms with E-state index >= 15 is 0 Å². The molecule has 4 rings (SSSR count). The summed E-state index contributed by atoms with van der Waals surface area (Å²) in [4.78, 5) is 30.8. The van der Waals surface area contributed by atoms with E-state index in [0.717, 1.165) is 16.9 Å². The molecule has 0 bridgehead atoms. The molecule has 0 saturated carbocycles. The normalized spacial score (nSPS) is 14.4. The minimum Gasteiger partial charge on any atom is -0.335 e. The van der Waals surface area contributed by atoms with E-state index in [4.69, 9.17) is 0 Å². The van der Waals surface area contributed by atoms with Crippen LogP contribution in [0.2, 0.25) is 0 Å². The maximum Gasteiger partial charge on any atom is 0.276 e. The average Bonchev–Trinajstić information content (AvgIpc) is 3.15. The fraction of sp³-hybridized carbons (Fsp3) is 0.333. The molecule has 2 amide bonds. The summed E-state index contributed by atoms with van der Waals surface area (Å²) in [5.74, 6) is -0.171. The van der Waals surface area contributed by atoms with Crippen molar-refractivity contribution in [1.82, 2.24) is 24.8 Å². The Hall–Kier alpha value is -3.52. The Bertz CT molecular complexity index is 1120. The van der Waals surface area contributed by atoms with Crippen molar-refractivity contribution in [2.75, 3.05) is 38.0 Å². The SMILES string of the molecule is Cc1ccc(-n2nc(C)c(C(=O)N3CCN(CC(=O)Nc4ccccc4)CC3)n2)c(C)c1. The Morgan fingerprint density at radius 2 is 1.66 bits per heavy atom. The Morgan fingerprint density at radius 1 is 0.938 bits per heavy atom. The summed E-state index contributed by atoms with van der Waals surface area (Å²) in [6, 6.07) is 15.5. The molecule has 32 heavy (non-hydrogen) atoms. The lowest BCUT2D eigenvalue weighted by Gasteiger charge is -2.34. The molecule has 0 aliphatic carbocycles. The molecule has 2 aromatic carbocycles. The van der Waals surface area contributed by atoms with Gasteiger partial charge in [-0.1, -0.05) is 35.9 Å². The van der Waals surface area contributed by atoms with Crippen molar-refractivity contribution in [2.24, 2.45) is 0 Å². The summed E-state index contributed by atoms with van der Waals surface area (Å²) in [6.45, 7) is 8.54. The van der Waals surface area contributed by atoms with Crippen molar-refractivity contribution in [2.45, 2.75) is 20.8 Å². The van der Waals surface area contributed by atoms with Crippen LogP contribution in [0.4, 0.5) is 5.69 Å². The van der Waals surface area contributed by atoms with Crippen molar-refractivity contribution >= 4 is 17.5 Å². The van der Waals surface area contributed by atoms with Gasteiger partial charge in [0.05, 0.1) is 17.9 Å². The van der Waals surface area contributed by atoms with Gasteiger partial charge in [-0.25, -0.2) is 0 Å². The van der Waals surface area contributed by atoms with Crippen LogP contribution in [0.5, 0.6) is 0 Å². The van der Waals surface area contributed by atoms with Gasteiger partial charge in [0.2, 0.25) is 5.91 Å². The molecule has 166 valence electrons. The quantitative estimate of drug-likeness (QED) is 0.670. The number of anilines is 1. The Balaban J connectivity index is 1.35. The van der Waals surface area contributed by atoms with E-state index in [2.05, 4.69) is 26.5 Å². The number of para-hydroxylation sites is 1. The molecule has 1 aliphatic heterocycles. The molecular formula is C24H28N6O2. The molecule has 3 aromatic rings. The molecule has 1 aliphatic rings. The molecule has 8 heteroatoms. The maximum atomic E-state index is 13.1. The van der Waals surface area contributed by atoms with Gasteiger partial charge in [-0.2, -0.15) is 9.90 Å². The number of amides is 2. The zero-order valence-corrected chi connectivity index (χ0v) is 18.7. The highest BCUT2D eigenvalue weighted by Crippen LogP contribution is 2.17. The van der Waals surface area contributed by atoms with E-state index < -0.39 is 0 Å². The lowest BCUT2D eigenvalue weighted by molar-refractivity contribution is -0.117. The van der Waals surface area contributed by atoms with Crippen LogP contribution in [0.25, 0.3) is 5.69 Å². The highest BCUT2D eigenvalue weighted by Gasteiger charge is 2.27. The van der Waals surface area contributed by atoms with Crippen LogP contribution in [0, 0.1) is 20.8 Å². The summed E-state index contributed by atoms with van der Waals surface area (Å²) >= 11 is 0. The van der Waals surface area contributed by atoms with E-state index in [1.165, 1.54) is 5.56 Å². The van der Waals surface area contributed by atoms with Crippen molar-refractivity contribution < 1.29 is 9.59 Å². The highest BCUT2D eigenvalue weighted by molar-refractivity contribution is 5.93. The Kier molecular flexibility index (Phi) is 6.32. The summed E-state index contributed by atoms with van der Waals surface area (Å²) in [5, 5.41) is 11.9. The second-order valence-corrected chi connectivity index (χ2v) is 8.20. The molecule has 1 fully saturated rings. The fourth-order valence-electron chi connectivity index (χ4n) is 3.90. The van der Waals surface area contributed by atoms with E-state index in [1.54, 1.807) is 9.70 Å². The number of nitrogens with one attached hydrogen (secondary N) is 1. The third-order valence-corrected chi connectivity index (χ3v) is 5.64. The summed E-state index contributed by atoms with van der Waals surface area (Å²) < 4.78 is 0. The standard InChI is InChI=1S/C24H28N6O2/c1-17-9-10-21(18(2)15-17)30-26-19(3)23(27-30)24(32)29-13-11-28(12-14-29)16-22(31)25-20-7-5-4-6-8-20/h4-10,15H,11-14,16H2,1-3H3,(H,25,31). The third-order valence-electron chi connectivity index (χ3n) is 5.64. The molecular weight excluding hydrogens is 404 g/mol. The number of aryl methyl sites for hydroxylation is 3. The number of carbonyl (C=O) groups excluding carboxylic acids is 2. The first-order chi connectivity index (χ1) is 15.4. The van der Waals surface area contributed by atoms with Gasteiger partial charge in [0.25, 0.3) is 5.91 Å². The molecule has 0 spiro atoms. The van der Waals surface area contributed by atoms with Crippen LogP contribution in [-0.4, -0.2) is 69.3 Å². The maximum absolute atomic E-state index is 13.1. The van der Waals surface area contributed by atoms with Gasteiger partial charge in [-0.05, 0) is 44.5 Å². The third kappa shape index (κ3) is 4.86. The van der Waals surface area contributed by atoms with Crippen LogP contribution in [0.3, 0.4) is 0 Å². The summed E-state index contributed by atoms with van der Waals surface area (Å²) in [6.07, 6.45) is 0. The summed E-state index contributed by atoms with van der Waals surface area (Å²) in [5.41, 5.74) is 4.86.